The van der Waals surface area contributed by atoms with E-state index in [1.807, 2.05) is 73.7 Å². The maximum Gasteiger partial charge on any atom is 0.328 e. The van der Waals surface area contributed by atoms with Crippen LogP contribution in [0.15, 0.2) is 85.1 Å². The molecule has 0 amide bonds. The molecule has 0 radical (unpaired) electrons. The van der Waals surface area contributed by atoms with Crippen molar-refractivity contribution in [2.45, 2.75) is 24.9 Å². The lowest BCUT2D eigenvalue weighted by Crippen LogP contribution is -2.63. The van der Waals surface area contributed by atoms with Gasteiger partial charge in [0.1, 0.15) is 5.54 Å². The molecule has 0 spiro atoms. The minimum absolute atomic E-state index is 0. The highest BCUT2D eigenvalue weighted by Crippen LogP contribution is 2.34. The van der Waals surface area contributed by atoms with Crippen LogP contribution in [0.25, 0.3) is 0 Å². The van der Waals surface area contributed by atoms with Crippen molar-refractivity contribution in [2.24, 2.45) is 0 Å². The van der Waals surface area contributed by atoms with Crippen molar-refractivity contribution in [2.75, 3.05) is 24.5 Å². The Hall–Kier alpha value is -2.31. The fraction of sp³-hybridized carbons (Fsp3) is 0.280. The molecule has 1 aromatic heterocycles. The van der Waals surface area contributed by atoms with Gasteiger partial charge in [0.15, 0.2) is 0 Å². The van der Waals surface area contributed by atoms with Gasteiger partial charge in [0.25, 0.3) is 0 Å². The topological polar surface area (TPSA) is 56.7 Å². The van der Waals surface area contributed by atoms with Crippen molar-refractivity contribution in [1.82, 2.24) is 9.88 Å². The number of pyridine rings is 1. The lowest BCUT2D eigenvalue weighted by molar-refractivity contribution is -0.153. The van der Waals surface area contributed by atoms with E-state index >= 15 is 0 Å². The fourth-order valence-corrected chi connectivity index (χ4v) is 4.43. The van der Waals surface area contributed by atoms with Crippen molar-refractivity contribution < 1.29 is 9.90 Å². The summed E-state index contributed by atoms with van der Waals surface area (Å²) in [5.74, 6) is -0.826. The van der Waals surface area contributed by atoms with Crippen molar-refractivity contribution >= 4 is 48.9 Å². The second-order valence-electron chi connectivity index (χ2n) is 7.90. The van der Waals surface area contributed by atoms with Crippen molar-refractivity contribution in [1.29, 1.82) is 0 Å². The molecular formula is C25H30Cl3N3O2. The summed E-state index contributed by atoms with van der Waals surface area (Å²) in [7, 11) is 0. The third-order valence-electron chi connectivity index (χ3n) is 6.10. The smallest absolute Gasteiger partial charge is 0.328 e. The summed E-state index contributed by atoms with van der Waals surface area (Å²) in [6.45, 7) is 4.01. The number of carboxylic acid groups (broad SMARTS) is 1. The molecule has 1 aliphatic rings. The first kappa shape index (κ1) is 28.7. The lowest BCUT2D eigenvalue weighted by Gasteiger charge is -2.49. The average Bonchev–Trinajstić information content (AvgIpc) is 2.80. The van der Waals surface area contributed by atoms with Crippen LogP contribution in [-0.2, 0) is 16.8 Å². The fourth-order valence-electron chi connectivity index (χ4n) is 4.43. The lowest BCUT2D eigenvalue weighted by atomic mass is 9.86. The summed E-state index contributed by atoms with van der Waals surface area (Å²) in [6.07, 6.45) is 2.49. The van der Waals surface area contributed by atoms with Crippen molar-refractivity contribution in [3.05, 3.63) is 96.3 Å². The van der Waals surface area contributed by atoms with E-state index < -0.39 is 11.5 Å². The van der Waals surface area contributed by atoms with Crippen LogP contribution in [0.3, 0.4) is 0 Å². The SMILES string of the molecule is CC(C(=O)O)(c1ccccc1)N1CCN(c2ccccc2)CC1Cc1ccccn1.Cl.Cl.Cl. The largest absolute Gasteiger partial charge is 0.480 e. The van der Waals surface area contributed by atoms with Crippen LogP contribution in [0.2, 0.25) is 0 Å². The molecule has 1 fully saturated rings. The van der Waals surface area contributed by atoms with E-state index in [1.165, 1.54) is 5.69 Å². The molecule has 4 rings (SSSR count). The van der Waals surface area contributed by atoms with Gasteiger partial charge in [0, 0.05) is 49.7 Å². The molecular weight excluding hydrogens is 481 g/mol. The number of aromatic nitrogens is 1. The highest BCUT2D eigenvalue weighted by Gasteiger charge is 2.46. The second kappa shape index (κ2) is 12.8. The van der Waals surface area contributed by atoms with E-state index in [2.05, 4.69) is 26.9 Å². The number of hydrogen-bond donors (Lipinski definition) is 1. The molecule has 0 bridgehead atoms. The number of carboxylic acids is 1. The summed E-state index contributed by atoms with van der Waals surface area (Å²) >= 11 is 0. The molecule has 8 heteroatoms. The molecule has 1 saturated heterocycles. The van der Waals surface area contributed by atoms with Crippen LogP contribution in [0.1, 0.15) is 18.2 Å². The zero-order valence-corrected chi connectivity index (χ0v) is 20.9. The maximum absolute atomic E-state index is 12.6. The summed E-state index contributed by atoms with van der Waals surface area (Å²) in [6, 6.07) is 25.8. The Morgan fingerprint density at radius 2 is 1.55 bits per heavy atom. The van der Waals surface area contributed by atoms with Crippen LogP contribution >= 0.6 is 37.2 Å². The highest BCUT2D eigenvalue weighted by molar-refractivity contribution is 5.86. The van der Waals surface area contributed by atoms with Crippen molar-refractivity contribution in [3.8, 4) is 0 Å². The van der Waals surface area contributed by atoms with E-state index in [-0.39, 0.29) is 43.3 Å². The molecule has 0 aliphatic carbocycles. The summed E-state index contributed by atoms with van der Waals surface area (Å²) in [4.78, 5) is 21.6. The normalized spacial score (nSPS) is 17.5. The number of nitrogens with zero attached hydrogens (tertiary/aromatic N) is 3. The van der Waals surface area contributed by atoms with E-state index in [0.29, 0.717) is 13.0 Å². The quantitative estimate of drug-likeness (QED) is 0.501. The summed E-state index contributed by atoms with van der Waals surface area (Å²) < 4.78 is 0. The minimum Gasteiger partial charge on any atom is -0.480 e. The van der Waals surface area contributed by atoms with Gasteiger partial charge in [-0.25, -0.2) is 4.79 Å². The molecule has 2 unspecified atom stereocenters. The maximum atomic E-state index is 12.6. The first-order chi connectivity index (χ1) is 14.6. The first-order valence-corrected chi connectivity index (χ1v) is 10.3. The number of aliphatic carboxylic acids is 1. The van der Waals surface area contributed by atoms with Gasteiger partial charge in [-0.3, -0.25) is 9.88 Å². The Morgan fingerprint density at radius 3 is 2.12 bits per heavy atom. The number of halogens is 3. The predicted octanol–water partition coefficient (Wildman–Crippen LogP) is 5.08. The van der Waals surface area contributed by atoms with Crippen molar-refractivity contribution in [3.63, 3.8) is 0 Å². The van der Waals surface area contributed by atoms with Gasteiger partial charge >= 0.3 is 5.97 Å². The minimum atomic E-state index is -1.11. The zero-order chi connectivity index (χ0) is 21.0. The second-order valence-corrected chi connectivity index (χ2v) is 7.90. The Kier molecular flexibility index (Phi) is 11.1. The Morgan fingerprint density at radius 1 is 0.939 bits per heavy atom. The predicted molar refractivity (Wildman–Crippen MR) is 140 cm³/mol. The molecule has 2 heterocycles. The highest BCUT2D eigenvalue weighted by atomic mass is 35.5. The molecule has 2 atom stereocenters. The number of hydrogen-bond acceptors (Lipinski definition) is 4. The molecule has 0 saturated carbocycles. The molecule has 2 aromatic carbocycles. The number of piperazine rings is 1. The standard InChI is InChI=1S/C25H27N3O2.3ClH/c1-25(24(29)30,20-10-4-2-5-11-20)28-17-16-27(22-13-6-3-7-14-22)19-23(28)18-21-12-8-9-15-26-21;;;/h2-15,23H,16-19H2,1H3,(H,29,30);3*1H. The third kappa shape index (κ3) is 6.18. The molecule has 178 valence electrons. The number of rotatable bonds is 6. The summed E-state index contributed by atoms with van der Waals surface area (Å²) in [5.41, 5.74) is 1.84. The summed E-state index contributed by atoms with van der Waals surface area (Å²) in [5, 5.41) is 10.3. The van der Waals surface area contributed by atoms with Gasteiger partial charge in [-0.05, 0) is 36.8 Å². The third-order valence-corrected chi connectivity index (χ3v) is 6.10. The molecule has 1 N–H and O–H groups in total. The zero-order valence-electron chi connectivity index (χ0n) is 18.4. The monoisotopic (exact) mass is 509 g/mol. The van der Waals surface area contributed by atoms with E-state index in [0.717, 1.165) is 24.3 Å². The van der Waals surface area contributed by atoms with E-state index in [4.69, 9.17) is 0 Å². The van der Waals surface area contributed by atoms with Gasteiger partial charge in [0.2, 0.25) is 0 Å². The van der Waals surface area contributed by atoms with Crippen LogP contribution in [-0.4, -0.2) is 46.6 Å². The molecule has 3 aromatic rings. The number of carbonyl (C=O) groups is 1. The van der Waals surface area contributed by atoms with E-state index in [1.54, 1.807) is 6.20 Å². The van der Waals surface area contributed by atoms with Crippen LogP contribution in [0.4, 0.5) is 5.69 Å². The van der Waals surface area contributed by atoms with Crippen LogP contribution < -0.4 is 4.90 Å². The number of anilines is 1. The first-order valence-electron chi connectivity index (χ1n) is 10.3. The molecule has 1 aliphatic heterocycles. The van der Waals surface area contributed by atoms with Gasteiger partial charge in [-0.2, -0.15) is 0 Å². The molecule has 33 heavy (non-hydrogen) atoms. The van der Waals surface area contributed by atoms with Gasteiger partial charge in [-0.1, -0.05) is 54.6 Å². The van der Waals surface area contributed by atoms with Gasteiger partial charge in [0.05, 0.1) is 0 Å². The Bertz CT molecular complexity index is 980. The van der Waals surface area contributed by atoms with E-state index in [9.17, 15) is 9.90 Å². The average molecular weight is 511 g/mol. The molecule has 5 nitrogen and oxygen atoms in total. The number of benzene rings is 2. The van der Waals surface area contributed by atoms with Crippen LogP contribution in [0, 0.1) is 0 Å². The van der Waals surface area contributed by atoms with Gasteiger partial charge < -0.3 is 10.0 Å². The van der Waals surface area contributed by atoms with Crippen LogP contribution in [0.5, 0.6) is 0 Å². The van der Waals surface area contributed by atoms with Gasteiger partial charge in [-0.15, -0.1) is 37.2 Å². The Balaban J connectivity index is 0.00000181. The Labute approximate surface area is 214 Å². The number of para-hydroxylation sites is 1.